The summed E-state index contributed by atoms with van der Waals surface area (Å²) in [5, 5.41) is 26.9. The zero-order valence-corrected chi connectivity index (χ0v) is 18.0. The van der Waals surface area contributed by atoms with Crippen molar-refractivity contribution in [3.05, 3.63) is 59.4 Å². The molecule has 1 aromatic carbocycles. The van der Waals surface area contributed by atoms with E-state index in [0.717, 1.165) is 25.0 Å². The first-order chi connectivity index (χ1) is 16.0. The molecule has 0 bridgehead atoms. The van der Waals surface area contributed by atoms with Crippen LogP contribution in [-0.4, -0.2) is 49.0 Å². The number of pyridine rings is 1. The van der Waals surface area contributed by atoms with E-state index in [1.165, 1.54) is 17.1 Å². The first-order valence-electron chi connectivity index (χ1n) is 10.3. The summed E-state index contributed by atoms with van der Waals surface area (Å²) in [6.07, 6.45) is 5.78. The van der Waals surface area contributed by atoms with Crippen LogP contribution in [0.25, 0.3) is 16.6 Å². The molecule has 0 amide bonds. The minimum atomic E-state index is -0.650. The summed E-state index contributed by atoms with van der Waals surface area (Å²) in [7, 11) is 0. The molecule has 9 nitrogen and oxygen atoms in total. The predicted octanol–water partition coefficient (Wildman–Crippen LogP) is 3.58. The second-order valence-electron chi connectivity index (χ2n) is 7.69. The number of fused-ring (bicyclic) bond motifs is 1. The van der Waals surface area contributed by atoms with E-state index in [4.69, 9.17) is 16.9 Å². The molecule has 1 fully saturated rings. The van der Waals surface area contributed by atoms with Crippen molar-refractivity contribution in [1.82, 2.24) is 24.7 Å². The normalized spacial score (nSPS) is 14.4. The molecule has 166 valence electrons. The van der Waals surface area contributed by atoms with Crippen LogP contribution in [0.15, 0.2) is 43.0 Å². The van der Waals surface area contributed by atoms with Crippen LogP contribution < -0.4 is 10.2 Å². The van der Waals surface area contributed by atoms with Gasteiger partial charge in [-0.15, -0.1) is 0 Å². The van der Waals surface area contributed by atoms with E-state index in [0.29, 0.717) is 35.4 Å². The molecule has 3 aromatic heterocycles. The number of halogens is 2. The van der Waals surface area contributed by atoms with Crippen molar-refractivity contribution < 1.29 is 9.50 Å². The lowest BCUT2D eigenvalue weighted by atomic mass is 10.1. The van der Waals surface area contributed by atoms with Crippen molar-refractivity contribution in [2.75, 3.05) is 23.3 Å². The Bertz CT molecular complexity index is 1350. The van der Waals surface area contributed by atoms with Gasteiger partial charge in [0.1, 0.15) is 29.5 Å². The summed E-state index contributed by atoms with van der Waals surface area (Å²) in [5.74, 6) is 1.14. The molecule has 5 rings (SSSR count). The summed E-state index contributed by atoms with van der Waals surface area (Å²) < 4.78 is 16.1. The lowest BCUT2D eigenvalue weighted by Crippen LogP contribution is -2.36. The van der Waals surface area contributed by atoms with Gasteiger partial charge in [0.25, 0.3) is 0 Å². The Hall–Kier alpha value is -3.81. The van der Waals surface area contributed by atoms with Crippen molar-refractivity contribution in [3.8, 4) is 11.8 Å². The number of aliphatic hydroxyl groups is 1. The van der Waals surface area contributed by atoms with Crippen molar-refractivity contribution in [3.63, 3.8) is 0 Å². The van der Waals surface area contributed by atoms with Gasteiger partial charge in [-0.25, -0.2) is 24.0 Å². The molecule has 0 aliphatic carbocycles. The fourth-order valence-corrected chi connectivity index (χ4v) is 4.10. The third kappa shape index (κ3) is 4.16. The molecule has 4 heterocycles. The van der Waals surface area contributed by atoms with Gasteiger partial charge in [0.2, 0.25) is 0 Å². The first kappa shape index (κ1) is 21.1. The summed E-state index contributed by atoms with van der Waals surface area (Å²) in [4.78, 5) is 15.1. The molecule has 2 N–H and O–H groups in total. The molecule has 0 spiro atoms. The van der Waals surface area contributed by atoms with E-state index in [9.17, 15) is 9.50 Å². The largest absolute Gasteiger partial charge is 0.393 e. The van der Waals surface area contributed by atoms with E-state index < -0.39 is 5.82 Å². The van der Waals surface area contributed by atoms with Crippen LogP contribution in [0, 0.1) is 17.1 Å². The molecule has 33 heavy (non-hydrogen) atoms. The van der Waals surface area contributed by atoms with Gasteiger partial charge in [-0.3, -0.25) is 0 Å². The molecule has 0 unspecified atom stereocenters. The number of benzene rings is 1. The van der Waals surface area contributed by atoms with Crippen LogP contribution in [0.3, 0.4) is 0 Å². The number of anilines is 3. The predicted molar refractivity (Wildman–Crippen MR) is 121 cm³/mol. The third-order valence-corrected chi connectivity index (χ3v) is 5.80. The van der Waals surface area contributed by atoms with Crippen LogP contribution in [0.5, 0.6) is 0 Å². The van der Waals surface area contributed by atoms with Crippen LogP contribution in [-0.2, 0) is 0 Å². The highest BCUT2D eigenvalue weighted by Crippen LogP contribution is 2.29. The maximum atomic E-state index is 14.7. The minimum absolute atomic E-state index is 0.0550. The quantitative estimate of drug-likeness (QED) is 0.471. The summed E-state index contributed by atoms with van der Waals surface area (Å²) in [6.45, 7) is 1.44. The number of nitrogens with zero attached hydrogens (tertiary/aromatic N) is 7. The summed E-state index contributed by atoms with van der Waals surface area (Å²) in [6, 6.07) is 7.94. The highest BCUT2D eigenvalue weighted by molar-refractivity contribution is 6.32. The Morgan fingerprint density at radius 2 is 1.88 bits per heavy atom. The zero-order chi connectivity index (χ0) is 22.9. The lowest BCUT2D eigenvalue weighted by molar-refractivity contribution is 0.145. The van der Waals surface area contributed by atoms with E-state index in [1.54, 1.807) is 18.5 Å². The topological polar surface area (TPSA) is 116 Å². The lowest BCUT2D eigenvalue weighted by Gasteiger charge is -2.30. The van der Waals surface area contributed by atoms with Gasteiger partial charge in [0.05, 0.1) is 34.5 Å². The number of nitriles is 1. The number of hydrogen-bond acceptors (Lipinski definition) is 8. The molecule has 0 atom stereocenters. The van der Waals surface area contributed by atoms with Crippen LogP contribution in [0.4, 0.5) is 21.8 Å². The highest BCUT2D eigenvalue weighted by Gasteiger charge is 2.19. The summed E-state index contributed by atoms with van der Waals surface area (Å²) in [5.41, 5.74) is 0.765. The molecule has 11 heteroatoms. The molecule has 1 aliphatic heterocycles. The molecule has 1 aliphatic rings. The van der Waals surface area contributed by atoms with Gasteiger partial charge in [-0.2, -0.15) is 10.4 Å². The second-order valence-corrected chi connectivity index (χ2v) is 8.10. The fraction of sp³-hybridized carbons (Fsp3) is 0.227. The molecular weight excluding hydrogens is 447 g/mol. The molecular formula is C22H18ClFN8O. The van der Waals surface area contributed by atoms with E-state index in [-0.39, 0.29) is 22.4 Å². The van der Waals surface area contributed by atoms with Gasteiger partial charge in [0.15, 0.2) is 5.82 Å². The average molecular weight is 465 g/mol. The number of piperidine rings is 1. The molecule has 0 radical (unpaired) electrons. The van der Waals surface area contributed by atoms with Gasteiger partial charge < -0.3 is 15.3 Å². The van der Waals surface area contributed by atoms with E-state index in [2.05, 4.69) is 30.3 Å². The highest BCUT2D eigenvalue weighted by atomic mass is 35.5. The number of nitrogens with one attached hydrogen (secondary N) is 1. The Kier molecular flexibility index (Phi) is 5.50. The Morgan fingerprint density at radius 3 is 2.64 bits per heavy atom. The van der Waals surface area contributed by atoms with Gasteiger partial charge >= 0.3 is 0 Å². The number of aromatic nitrogens is 5. The van der Waals surface area contributed by atoms with Crippen LogP contribution in [0.1, 0.15) is 18.4 Å². The molecule has 4 aromatic rings. The zero-order valence-electron chi connectivity index (χ0n) is 17.3. The minimum Gasteiger partial charge on any atom is -0.393 e. The summed E-state index contributed by atoms with van der Waals surface area (Å²) >= 11 is 6.25. The van der Waals surface area contributed by atoms with Crippen molar-refractivity contribution in [2.45, 2.75) is 18.9 Å². The van der Waals surface area contributed by atoms with Crippen LogP contribution in [0.2, 0.25) is 5.02 Å². The second kappa shape index (κ2) is 8.61. The van der Waals surface area contributed by atoms with E-state index in [1.807, 2.05) is 12.1 Å². The molecule has 0 saturated carbocycles. The SMILES string of the molecule is N#Cc1cc(F)c(-n2ncc3cnc(Nc4cc(N5CCC(O)CC5)ncn4)cc32)c(Cl)c1. The number of hydrogen-bond donors (Lipinski definition) is 2. The maximum absolute atomic E-state index is 14.7. The standard InChI is InChI=1S/C22H18ClFN8O/c23-16-5-13(9-25)6-17(24)22(16)32-18-7-19(26-10-14(18)11-29-32)30-20-8-21(28-12-27-20)31-3-1-15(33)2-4-31/h5-8,10-12,15,33H,1-4H2,(H,26,27,28,30). The van der Waals surface area contributed by atoms with Crippen molar-refractivity contribution >= 4 is 40.0 Å². The van der Waals surface area contributed by atoms with Crippen LogP contribution >= 0.6 is 11.6 Å². The third-order valence-electron chi connectivity index (χ3n) is 5.51. The number of aliphatic hydroxyl groups excluding tert-OH is 1. The van der Waals surface area contributed by atoms with Crippen molar-refractivity contribution in [1.29, 1.82) is 5.26 Å². The van der Waals surface area contributed by atoms with Crippen molar-refractivity contribution in [2.24, 2.45) is 0 Å². The molecule has 1 saturated heterocycles. The van der Waals surface area contributed by atoms with Gasteiger partial charge in [-0.1, -0.05) is 11.6 Å². The maximum Gasteiger partial charge on any atom is 0.151 e. The first-order valence-corrected chi connectivity index (χ1v) is 10.6. The van der Waals surface area contributed by atoms with E-state index >= 15 is 0 Å². The van der Waals surface area contributed by atoms with Gasteiger partial charge in [0, 0.05) is 36.8 Å². The Morgan fingerprint density at radius 1 is 1.09 bits per heavy atom. The monoisotopic (exact) mass is 464 g/mol. The fourth-order valence-electron chi connectivity index (χ4n) is 3.81. The number of rotatable bonds is 4. The van der Waals surface area contributed by atoms with Gasteiger partial charge in [-0.05, 0) is 25.0 Å². The Labute approximate surface area is 193 Å². The average Bonchev–Trinajstić information content (AvgIpc) is 3.22. The Balaban J connectivity index is 1.46. The smallest absolute Gasteiger partial charge is 0.151 e.